The number of anilines is 1. The first kappa shape index (κ1) is 19.4. The van der Waals surface area contributed by atoms with Crippen LogP contribution in [0, 0.1) is 0 Å². The van der Waals surface area contributed by atoms with Crippen molar-refractivity contribution in [3.05, 3.63) is 42.2 Å². The highest BCUT2D eigenvalue weighted by atomic mass is 16.5. The molecule has 9 heteroatoms. The Morgan fingerprint density at radius 2 is 1.75 bits per heavy atom. The molecule has 1 aromatic carbocycles. The lowest BCUT2D eigenvalue weighted by atomic mass is 10.2. The summed E-state index contributed by atoms with van der Waals surface area (Å²) in [4.78, 5) is 36.8. The van der Waals surface area contributed by atoms with Gasteiger partial charge in [0.15, 0.2) is 6.61 Å². The molecule has 3 rings (SSSR count). The Bertz CT molecular complexity index is 822. The van der Waals surface area contributed by atoms with Gasteiger partial charge >= 0.3 is 5.97 Å². The predicted octanol–water partition coefficient (Wildman–Crippen LogP) is 0.999. The molecule has 0 unspecified atom stereocenters. The van der Waals surface area contributed by atoms with Crippen LogP contribution in [0.25, 0.3) is 0 Å². The summed E-state index contributed by atoms with van der Waals surface area (Å²) in [7, 11) is 2.97. The molecular formula is C19H22N4O5. The smallest absolute Gasteiger partial charge is 0.342 e. The summed E-state index contributed by atoms with van der Waals surface area (Å²) in [5.41, 5.74) is 0.238. The van der Waals surface area contributed by atoms with Crippen molar-refractivity contribution < 1.29 is 23.8 Å². The van der Waals surface area contributed by atoms with E-state index in [9.17, 15) is 9.59 Å². The third kappa shape index (κ3) is 4.48. The van der Waals surface area contributed by atoms with E-state index >= 15 is 0 Å². The molecule has 1 fully saturated rings. The van der Waals surface area contributed by atoms with Gasteiger partial charge < -0.3 is 24.0 Å². The van der Waals surface area contributed by atoms with Crippen LogP contribution in [-0.4, -0.2) is 73.7 Å². The third-order valence-electron chi connectivity index (χ3n) is 4.42. The van der Waals surface area contributed by atoms with Crippen LogP contribution in [0.5, 0.6) is 11.5 Å². The first-order valence-corrected chi connectivity index (χ1v) is 8.81. The molecule has 0 N–H and O–H groups in total. The molecule has 0 bridgehead atoms. The summed E-state index contributed by atoms with van der Waals surface area (Å²) in [6.07, 6.45) is 3.37. The topological polar surface area (TPSA) is 94.1 Å². The van der Waals surface area contributed by atoms with E-state index in [1.807, 2.05) is 4.90 Å². The number of amides is 1. The maximum Gasteiger partial charge on any atom is 0.342 e. The maximum atomic E-state index is 12.4. The molecule has 9 nitrogen and oxygen atoms in total. The summed E-state index contributed by atoms with van der Waals surface area (Å²) in [5, 5.41) is 0. The summed E-state index contributed by atoms with van der Waals surface area (Å²) >= 11 is 0. The highest BCUT2D eigenvalue weighted by Gasteiger charge is 2.24. The molecule has 0 radical (unpaired) electrons. The van der Waals surface area contributed by atoms with Gasteiger partial charge in [-0.15, -0.1) is 0 Å². The van der Waals surface area contributed by atoms with E-state index in [1.54, 1.807) is 41.6 Å². The molecule has 0 aliphatic carbocycles. The van der Waals surface area contributed by atoms with E-state index in [-0.39, 0.29) is 18.1 Å². The zero-order valence-corrected chi connectivity index (χ0v) is 15.8. The molecule has 2 heterocycles. The summed E-state index contributed by atoms with van der Waals surface area (Å²) < 4.78 is 15.5. The number of methoxy groups -OCH3 is 2. The van der Waals surface area contributed by atoms with Crippen molar-refractivity contribution in [2.24, 2.45) is 0 Å². The van der Waals surface area contributed by atoms with Crippen LogP contribution in [-0.2, 0) is 9.53 Å². The monoisotopic (exact) mass is 386 g/mol. The second-order valence-electron chi connectivity index (χ2n) is 6.06. The number of esters is 1. The molecule has 1 aliphatic heterocycles. The van der Waals surface area contributed by atoms with E-state index in [0.29, 0.717) is 43.6 Å². The number of carbonyl (C=O) groups is 2. The molecule has 2 aromatic rings. The zero-order chi connectivity index (χ0) is 19.9. The fourth-order valence-electron chi connectivity index (χ4n) is 2.87. The van der Waals surface area contributed by atoms with Crippen molar-refractivity contribution in [3.63, 3.8) is 0 Å². The van der Waals surface area contributed by atoms with Crippen LogP contribution in [0.4, 0.5) is 5.95 Å². The van der Waals surface area contributed by atoms with Gasteiger partial charge in [-0.25, -0.2) is 14.8 Å². The number of hydrogen-bond donors (Lipinski definition) is 0. The minimum absolute atomic E-state index is 0.238. The Balaban J connectivity index is 1.51. The second-order valence-corrected chi connectivity index (χ2v) is 6.06. The lowest BCUT2D eigenvalue weighted by molar-refractivity contribution is -0.134. The summed E-state index contributed by atoms with van der Waals surface area (Å²) in [6, 6.07) is 6.52. The molecule has 0 saturated carbocycles. The Labute approximate surface area is 162 Å². The van der Waals surface area contributed by atoms with Gasteiger partial charge in [-0.2, -0.15) is 0 Å². The largest absolute Gasteiger partial charge is 0.497 e. The van der Waals surface area contributed by atoms with Crippen molar-refractivity contribution in [1.29, 1.82) is 0 Å². The predicted molar refractivity (Wildman–Crippen MR) is 101 cm³/mol. The van der Waals surface area contributed by atoms with Gasteiger partial charge in [-0.1, -0.05) is 0 Å². The standard InChI is InChI=1S/C19H22N4O5/c1-26-14-4-5-15(16(12-14)27-2)18(25)28-13-17(24)22-8-10-23(11-9-22)19-20-6-3-7-21-19/h3-7,12H,8-11,13H2,1-2H3. The number of rotatable bonds is 6. The average Bonchev–Trinajstić information content (AvgIpc) is 2.77. The quantitative estimate of drug-likeness (QED) is 0.679. The van der Waals surface area contributed by atoms with Crippen LogP contribution < -0.4 is 14.4 Å². The molecule has 28 heavy (non-hydrogen) atoms. The van der Waals surface area contributed by atoms with E-state index in [1.165, 1.54) is 14.2 Å². The Morgan fingerprint density at radius 3 is 2.39 bits per heavy atom. The van der Waals surface area contributed by atoms with Crippen LogP contribution in [0.15, 0.2) is 36.7 Å². The van der Waals surface area contributed by atoms with Crippen LogP contribution >= 0.6 is 0 Å². The maximum absolute atomic E-state index is 12.4. The Morgan fingerprint density at radius 1 is 1.04 bits per heavy atom. The van der Waals surface area contributed by atoms with Gasteiger partial charge in [-0.05, 0) is 18.2 Å². The number of benzene rings is 1. The molecule has 1 amide bonds. The van der Waals surface area contributed by atoms with Gasteiger partial charge in [0.05, 0.1) is 14.2 Å². The number of hydrogen-bond acceptors (Lipinski definition) is 8. The molecular weight excluding hydrogens is 364 g/mol. The molecule has 1 aliphatic rings. The molecule has 0 spiro atoms. The summed E-state index contributed by atoms with van der Waals surface area (Å²) in [6.45, 7) is 1.95. The van der Waals surface area contributed by atoms with E-state index < -0.39 is 5.97 Å². The first-order valence-electron chi connectivity index (χ1n) is 8.81. The lowest BCUT2D eigenvalue weighted by Gasteiger charge is -2.34. The summed E-state index contributed by atoms with van der Waals surface area (Å²) in [5.74, 6) is 0.671. The Kier molecular flexibility index (Phi) is 6.25. The van der Waals surface area contributed by atoms with Gasteiger partial charge in [0.25, 0.3) is 5.91 Å². The lowest BCUT2D eigenvalue weighted by Crippen LogP contribution is -2.50. The van der Waals surface area contributed by atoms with Gasteiger partial charge in [0, 0.05) is 44.6 Å². The molecule has 1 aromatic heterocycles. The fourth-order valence-corrected chi connectivity index (χ4v) is 2.87. The van der Waals surface area contributed by atoms with Gasteiger partial charge in [0.1, 0.15) is 17.1 Å². The second kappa shape index (κ2) is 9.03. The molecule has 1 saturated heterocycles. The Hall–Kier alpha value is -3.36. The van der Waals surface area contributed by atoms with Gasteiger partial charge in [0.2, 0.25) is 5.95 Å². The SMILES string of the molecule is COc1ccc(C(=O)OCC(=O)N2CCN(c3ncccn3)CC2)c(OC)c1. The van der Waals surface area contributed by atoms with Crippen molar-refractivity contribution in [2.45, 2.75) is 0 Å². The van der Waals surface area contributed by atoms with Crippen LogP contribution in [0.2, 0.25) is 0 Å². The van der Waals surface area contributed by atoms with Crippen molar-refractivity contribution in [3.8, 4) is 11.5 Å². The number of ether oxygens (including phenoxy) is 3. The van der Waals surface area contributed by atoms with E-state index in [2.05, 4.69) is 9.97 Å². The first-order chi connectivity index (χ1) is 13.6. The number of carbonyl (C=O) groups excluding carboxylic acids is 2. The highest BCUT2D eigenvalue weighted by molar-refractivity contribution is 5.94. The van der Waals surface area contributed by atoms with E-state index in [0.717, 1.165) is 0 Å². The minimum atomic E-state index is -0.621. The minimum Gasteiger partial charge on any atom is -0.497 e. The number of aromatic nitrogens is 2. The third-order valence-corrected chi connectivity index (χ3v) is 4.42. The van der Waals surface area contributed by atoms with E-state index in [4.69, 9.17) is 14.2 Å². The van der Waals surface area contributed by atoms with Crippen molar-refractivity contribution in [1.82, 2.24) is 14.9 Å². The average molecular weight is 386 g/mol. The zero-order valence-electron chi connectivity index (χ0n) is 15.8. The number of nitrogens with zero attached hydrogens (tertiary/aromatic N) is 4. The normalized spacial score (nSPS) is 13.8. The number of piperazine rings is 1. The van der Waals surface area contributed by atoms with Crippen molar-refractivity contribution >= 4 is 17.8 Å². The molecule has 148 valence electrons. The van der Waals surface area contributed by atoms with Crippen LogP contribution in [0.1, 0.15) is 10.4 Å². The highest BCUT2D eigenvalue weighted by Crippen LogP contribution is 2.25. The molecule has 0 atom stereocenters. The van der Waals surface area contributed by atoms with Crippen LogP contribution in [0.3, 0.4) is 0 Å². The fraction of sp³-hybridized carbons (Fsp3) is 0.368. The van der Waals surface area contributed by atoms with Crippen molar-refractivity contribution in [2.75, 3.05) is 51.9 Å². The van der Waals surface area contributed by atoms with Gasteiger partial charge in [-0.3, -0.25) is 4.79 Å².